The molecule has 3 rings (SSSR count). The van der Waals surface area contributed by atoms with Crippen LogP contribution < -0.4 is 10.9 Å². The zero-order valence-electron chi connectivity index (χ0n) is 13.8. The van der Waals surface area contributed by atoms with Gasteiger partial charge in [-0.15, -0.1) is 4.28 Å². The lowest BCUT2D eigenvalue weighted by molar-refractivity contribution is -0.135. The molecule has 0 aliphatic carbocycles. The van der Waals surface area contributed by atoms with E-state index in [1.807, 2.05) is 0 Å². The van der Waals surface area contributed by atoms with E-state index < -0.39 is 34.4 Å². The van der Waals surface area contributed by atoms with Gasteiger partial charge in [-0.1, -0.05) is 0 Å². The number of rotatable bonds is 4. The van der Waals surface area contributed by atoms with E-state index >= 15 is 0 Å². The first kappa shape index (κ1) is 18.8. The minimum Gasteiger partial charge on any atom is -0.381 e. The number of piperidine rings is 1. The molecule has 3 saturated heterocycles. The smallest absolute Gasteiger partial charge is 0.381 e. The second kappa shape index (κ2) is 7.34. The molecule has 3 aliphatic heterocycles. The first-order valence-corrected chi connectivity index (χ1v) is 9.57. The first-order valence-electron chi connectivity index (χ1n) is 8.20. The normalized spacial score (nSPS) is 26.7. The number of ether oxygens (including phenoxy) is 1. The van der Waals surface area contributed by atoms with Crippen molar-refractivity contribution in [1.82, 2.24) is 20.8 Å². The Bertz CT molecular complexity index is 692. The van der Waals surface area contributed by atoms with Gasteiger partial charge in [-0.05, 0) is 25.7 Å². The van der Waals surface area contributed by atoms with Crippen molar-refractivity contribution < 1.29 is 36.4 Å². The minimum atomic E-state index is -4.84. The Morgan fingerprint density at radius 3 is 2.42 bits per heavy atom. The molecule has 2 atom stereocenters. The molecule has 0 aromatic carbocycles. The number of carbonyl (C=O) groups excluding carboxylic acids is 3. The largest absolute Gasteiger partial charge is 0.418 e. The monoisotopic (exact) mass is 392 g/mol. The molecule has 3 N–H and O–H groups in total. The van der Waals surface area contributed by atoms with Gasteiger partial charge in [0.15, 0.2) is 0 Å². The van der Waals surface area contributed by atoms with Crippen LogP contribution in [0, 0.1) is 5.92 Å². The lowest BCUT2D eigenvalue weighted by Crippen LogP contribution is -2.55. The van der Waals surface area contributed by atoms with Crippen molar-refractivity contribution in [2.24, 2.45) is 5.92 Å². The topological polar surface area (TPSA) is 155 Å². The van der Waals surface area contributed by atoms with Crippen LogP contribution in [-0.4, -0.2) is 72.6 Å². The zero-order chi connectivity index (χ0) is 18.9. The second-order valence-corrected chi connectivity index (χ2v) is 7.38. The fourth-order valence-corrected chi connectivity index (χ4v) is 3.76. The molecule has 0 unspecified atom stereocenters. The molecule has 0 spiro atoms. The van der Waals surface area contributed by atoms with Crippen molar-refractivity contribution in [3.63, 3.8) is 0 Å². The van der Waals surface area contributed by atoms with Crippen LogP contribution in [-0.2, 0) is 29.0 Å². The van der Waals surface area contributed by atoms with Gasteiger partial charge in [0.2, 0.25) is 5.91 Å². The van der Waals surface area contributed by atoms with E-state index in [2.05, 4.69) is 15.1 Å². The van der Waals surface area contributed by atoms with E-state index in [0.29, 0.717) is 37.5 Å². The molecule has 3 fully saturated rings. The van der Waals surface area contributed by atoms with Crippen molar-refractivity contribution in [3.05, 3.63) is 0 Å². The average Bonchev–Trinajstić information content (AvgIpc) is 2.84. The highest BCUT2D eigenvalue weighted by Gasteiger charge is 2.49. The molecule has 0 aromatic heterocycles. The van der Waals surface area contributed by atoms with Gasteiger partial charge in [-0.25, -0.2) is 4.79 Å². The fourth-order valence-electron chi connectivity index (χ4n) is 3.37. The van der Waals surface area contributed by atoms with Crippen LogP contribution in [0.2, 0.25) is 0 Å². The highest BCUT2D eigenvalue weighted by atomic mass is 32.3. The summed E-state index contributed by atoms with van der Waals surface area (Å²) in [6, 6.07) is -2.28. The van der Waals surface area contributed by atoms with E-state index in [1.165, 1.54) is 0 Å². The highest BCUT2D eigenvalue weighted by molar-refractivity contribution is 7.80. The summed E-state index contributed by atoms with van der Waals surface area (Å²) in [6.07, 6.45) is 1.71. The molecule has 12 nitrogen and oxygen atoms in total. The summed E-state index contributed by atoms with van der Waals surface area (Å²) in [4.78, 5) is 37.8. The summed E-state index contributed by atoms with van der Waals surface area (Å²) in [5, 5.41) is 0.559. The molecule has 3 aliphatic rings. The lowest BCUT2D eigenvalue weighted by atomic mass is 9.99. The number of hydrogen-bond acceptors (Lipinski definition) is 7. The van der Waals surface area contributed by atoms with Gasteiger partial charge < -0.3 is 9.64 Å². The molecule has 4 amide bonds. The summed E-state index contributed by atoms with van der Waals surface area (Å²) < 4.78 is 39.9. The summed E-state index contributed by atoms with van der Waals surface area (Å²) in [5.41, 5.74) is 4.68. The molecule has 26 heavy (non-hydrogen) atoms. The number of urea groups is 1. The molecule has 0 aromatic rings. The van der Waals surface area contributed by atoms with Crippen molar-refractivity contribution >= 4 is 28.2 Å². The summed E-state index contributed by atoms with van der Waals surface area (Å²) in [6.45, 7) is 1.06. The Labute approximate surface area is 149 Å². The second-order valence-electron chi connectivity index (χ2n) is 6.38. The number of fused-ring (bicyclic) bond motifs is 2. The van der Waals surface area contributed by atoms with Crippen LogP contribution in [0.25, 0.3) is 0 Å². The van der Waals surface area contributed by atoms with E-state index in [1.54, 1.807) is 0 Å². The third-order valence-corrected chi connectivity index (χ3v) is 5.05. The van der Waals surface area contributed by atoms with Crippen LogP contribution in [0.3, 0.4) is 0 Å². The third kappa shape index (κ3) is 4.06. The Balaban J connectivity index is 1.56. The van der Waals surface area contributed by atoms with Crippen molar-refractivity contribution in [1.29, 1.82) is 0 Å². The highest BCUT2D eigenvalue weighted by Crippen LogP contribution is 2.30. The average molecular weight is 392 g/mol. The summed E-state index contributed by atoms with van der Waals surface area (Å²) in [7, 11) is -4.84. The quantitative estimate of drug-likeness (QED) is 0.388. The number of nitrogens with one attached hydrogen (secondary N) is 2. The van der Waals surface area contributed by atoms with Crippen LogP contribution in [0.15, 0.2) is 0 Å². The summed E-state index contributed by atoms with van der Waals surface area (Å²) >= 11 is 0. The number of hydrogen-bond donors (Lipinski definition) is 3. The van der Waals surface area contributed by atoms with Crippen molar-refractivity contribution in [2.45, 2.75) is 37.8 Å². The number of carbonyl (C=O) groups is 3. The predicted molar refractivity (Wildman–Crippen MR) is 83.2 cm³/mol. The molecular formula is C13H20N4O8S. The van der Waals surface area contributed by atoms with Gasteiger partial charge in [-0.3, -0.25) is 25.0 Å². The van der Waals surface area contributed by atoms with Gasteiger partial charge in [0, 0.05) is 25.7 Å². The van der Waals surface area contributed by atoms with Crippen LogP contribution in [0.5, 0.6) is 0 Å². The summed E-state index contributed by atoms with van der Waals surface area (Å²) in [5.74, 6) is -1.14. The van der Waals surface area contributed by atoms with Gasteiger partial charge in [0.05, 0.1) is 6.04 Å². The van der Waals surface area contributed by atoms with E-state index in [9.17, 15) is 22.8 Å². The maximum absolute atomic E-state index is 12.3. The number of hydrazine groups is 1. The SMILES string of the molecule is O=C(NNC(=O)[C@H]1CC[C@H]2CN1C(=O)N2OS(=O)(=O)O)C1CCOCC1. The van der Waals surface area contributed by atoms with Crippen LogP contribution in [0.1, 0.15) is 25.7 Å². The van der Waals surface area contributed by atoms with Gasteiger partial charge in [0.25, 0.3) is 5.91 Å². The Morgan fingerprint density at radius 1 is 1.12 bits per heavy atom. The fraction of sp³-hybridized carbons (Fsp3) is 0.769. The maximum atomic E-state index is 12.3. The van der Waals surface area contributed by atoms with Crippen LogP contribution in [0.4, 0.5) is 4.79 Å². The predicted octanol–water partition coefficient (Wildman–Crippen LogP) is -1.44. The number of nitrogens with zero attached hydrogens (tertiary/aromatic N) is 2. The Kier molecular flexibility index (Phi) is 5.32. The zero-order valence-corrected chi connectivity index (χ0v) is 14.6. The van der Waals surface area contributed by atoms with Crippen molar-refractivity contribution in [2.75, 3.05) is 19.8 Å². The maximum Gasteiger partial charge on any atom is 0.418 e. The minimum absolute atomic E-state index is 0.0837. The molecular weight excluding hydrogens is 372 g/mol. The standard InChI is InChI=1S/C13H20N4O8S/c18-11(8-3-5-24-6-4-8)14-15-12(19)10-2-1-9-7-16(10)13(20)17(9)25-26(21,22)23/h8-10H,1-7H2,(H,14,18)(H,15,19)(H,21,22,23)/t9-,10+/m0/s1. The molecule has 0 saturated carbocycles. The lowest BCUT2D eigenvalue weighted by Gasteiger charge is -2.29. The Morgan fingerprint density at radius 2 is 1.77 bits per heavy atom. The molecule has 3 heterocycles. The number of hydroxylamine groups is 2. The Hall–Kier alpha value is -1.96. The van der Waals surface area contributed by atoms with E-state index in [-0.39, 0.29) is 24.8 Å². The molecule has 0 radical (unpaired) electrons. The molecule has 2 bridgehead atoms. The van der Waals surface area contributed by atoms with Crippen LogP contribution >= 0.6 is 0 Å². The van der Waals surface area contributed by atoms with Crippen molar-refractivity contribution in [3.8, 4) is 0 Å². The van der Waals surface area contributed by atoms with E-state index in [0.717, 1.165) is 4.90 Å². The van der Waals surface area contributed by atoms with Gasteiger partial charge in [0.1, 0.15) is 6.04 Å². The third-order valence-electron chi connectivity index (χ3n) is 4.70. The first-order chi connectivity index (χ1) is 12.3. The van der Waals surface area contributed by atoms with Gasteiger partial charge >= 0.3 is 16.4 Å². The molecule has 13 heteroatoms. The van der Waals surface area contributed by atoms with Gasteiger partial charge in [-0.2, -0.15) is 13.5 Å². The number of amides is 4. The molecule has 146 valence electrons. The van der Waals surface area contributed by atoms with E-state index in [4.69, 9.17) is 9.29 Å².